The summed E-state index contributed by atoms with van der Waals surface area (Å²) in [4.78, 5) is 13.1. The van der Waals surface area contributed by atoms with Gasteiger partial charge >= 0.3 is 5.97 Å². The van der Waals surface area contributed by atoms with Crippen LogP contribution in [0.15, 0.2) is 48.5 Å². The molecule has 1 heterocycles. The van der Waals surface area contributed by atoms with E-state index < -0.39 is 5.97 Å². The van der Waals surface area contributed by atoms with Gasteiger partial charge in [0.1, 0.15) is 0 Å². The lowest BCUT2D eigenvalue weighted by molar-refractivity contribution is -0.136. The van der Waals surface area contributed by atoms with Gasteiger partial charge in [0.05, 0.1) is 13.2 Å². The Morgan fingerprint density at radius 2 is 1.92 bits per heavy atom. The van der Waals surface area contributed by atoms with Crippen LogP contribution in [0.1, 0.15) is 17.5 Å². The number of ether oxygens (including phenoxy) is 1. The predicted molar refractivity (Wildman–Crippen MR) is 99.2 cm³/mol. The SMILES string of the molecule is O=C(O)CCc1cccc(NCc2ccccc2N2CCOCC2)c1. The zero-order valence-corrected chi connectivity index (χ0v) is 14.3. The number of aryl methyl sites for hydroxylation is 1. The lowest BCUT2D eigenvalue weighted by Gasteiger charge is -2.30. The van der Waals surface area contributed by atoms with Crippen LogP contribution in [0.25, 0.3) is 0 Å². The molecule has 25 heavy (non-hydrogen) atoms. The number of nitrogens with one attached hydrogen (secondary N) is 1. The number of hydrogen-bond acceptors (Lipinski definition) is 4. The number of carboxylic acid groups (broad SMARTS) is 1. The first kappa shape index (κ1) is 17.3. The van der Waals surface area contributed by atoms with Gasteiger partial charge in [-0.1, -0.05) is 30.3 Å². The molecule has 0 spiro atoms. The number of hydrogen-bond donors (Lipinski definition) is 2. The number of benzene rings is 2. The van der Waals surface area contributed by atoms with Crippen molar-refractivity contribution < 1.29 is 14.6 Å². The van der Waals surface area contributed by atoms with E-state index in [-0.39, 0.29) is 6.42 Å². The van der Waals surface area contributed by atoms with Gasteiger partial charge in [-0.3, -0.25) is 4.79 Å². The summed E-state index contributed by atoms with van der Waals surface area (Å²) in [6, 6.07) is 16.4. The van der Waals surface area contributed by atoms with Crippen LogP contribution < -0.4 is 10.2 Å². The molecule has 2 N–H and O–H groups in total. The molecule has 1 aliphatic heterocycles. The minimum Gasteiger partial charge on any atom is -0.481 e. The van der Waals surface area contributed by atoms with Crippen LogP contribution in [0.2, 0.25) is 0 Å². The van der Waals surface area contributed by atoms with E-state index >= 15 is 0 Å². The topological polar surface area (TPSA) is 61.8 Å². The van der Waals surface area contributed by atoms with Crippen LogP contribution in [0.5, 0.6) is 0 Å². The monoisotopic (exact) mass is 340 g/mol. The maximum atomic E-state index is 10.7. The Morgan fingerprint density at radius 3 is 2.72 bits per heavy atom. The first-order valence-corrected chi connectivity index (χ1v) is 8.67. The summed E-state index contributed by atoms with van der Waals surface area (Å²) >= 11 is 0. The third-order valence-corrected chi connectivity index (χ3v) is 4.38. The average molecular weight is 340 g/mol. The number of carboxylic acids is 1. The summed E-state index contributed by atoms with van der Waals surface area (Å²) in [5.74, 6) is -0.766. The van der Waals surface area contributed by atoms with Crippen LogP contribution in [-0.4, -0.2) is 37.4 Å². The molecular formula is C20H24N2O3. The molecular weight excluding hydrogens is 316 g/mol. The summed E-state index contributed by atoms with van der Waals surface area (Å²) in [6.45, 7) is 4.11. The third-order valence-electron chi connectivity index (χ3n) is 4.38. The zero-order chi connectivity index (χ0) is 17.5. The molecule has 132 valence electrons. The fourth-order valence-corrected chi connectivity index (χ4v) is 3.06. The van der Waals surface area contributed by atoms with E-state index in [1.54, 1.807) is 0 Å². The van der Waals surface area contributed by atoms with Gasteiger partial charge in [-0.05, 0) is 35.7 Å². The van der Waals surface area contributed by atoms with Crippen LogP contribution >= 0.6 is 0 Å². The fraction of sp³-hybridized carbons (Fsp3) is 0.350. The van der Waals surface area contributed by atoms with Crippen molar-refractivity contribution in [3.05, 3.63) is 59.7 Å². The highest BCUT2D eigenvalue weighted by Crippen LogP contribution is 2.23. The molecule has 0 unspecified atom stereocenters. The second-order valence-electron chi connectivity index (χ2n) is 6.18. The molecule has 1 fully saturated rings. The van der Waals surface area contributed by atoms with Crippen LogP contribution in [0.4, 0.5) is 11.4 Å². The highest BCUT2D eigenvalue weighted by Gasteiger charge is 2.14. The Morgan fingerprint density at radius 1 is 1.12 bits per heavy atom. The molecule has 0 radical (unpaired) electrons. The Balaban J connectivity index is 1.65. The second kappa shape index (κ2) is 8.53. The van der Waals surface area contributed by atoms with Crippen LogP contribution in [0.3, 0.4) is 0 Å². The van der Waals surface area contributed by atoms with Gasteiger partial charge in [-0.2, -0.15) is 0 Å². The normalized spacial score (nSPS) is 14.3. The number of anilines is 2. The van der Waals surface area contributed by atoms with Crippen molar-refractivity contribution in [3.8, 4) is 0 Å². The molecule has 0 atom stereocenters. The molecule has 3 rings (SSSR count). The molecule has 5 nitrogen and oxygen atoms in total. The van der Waals surface area contributed by atoms with E-state index in [4.69, 9.17) is 9.84 Å². The summed E-state index contributed by atoms with van der Waals surface area (Å²) in [5, 5.41) is 12.3. The number of morpholine rings is 1. The smallest absolute Gasteiger partial charge is 0.303 e. The Bertz CT molecular complexity index is 712. The second-order valence-corrected chi connectivity index (χ2v) is 6.18. The van der Waals surface area contributed by atoms with Crippen molar-refractivity contribution in [3.63, 3.8) is 0 Å². The van der Waals surface area contributed by atoms with Gasteiger partial charge in [-0.25, -0.2) is 0 Å². The summed E-state index contributed by atoms with van der Waals surface area (Å²) in [5.41, 5.74) is 4.55. The van der Waals surface area contributed by atoms with Crippen molar-refractivity contribution in [2.45, 2.75) is 19.4 Å². The summed E-state index contributed by atoms with van der Waals surface area (Å²) < 4.78 is 5.44. The molecule has 5 heteroatoms. The quantitative estimate of drug-likeness (QED) is 0.811. The predicted octanol–water partition coefficient (Wildman–Crippen LogP) is 3.15. The van der Waals surface area contributed by atoms with Gasteiger partial charge in [0, 0.05) is 37.4 Å². The molecule has 2 aromatic rings. The van der Waals surface area contributed by atoms with Gasteiger partial charge in [0.25, 0.3) is 0 Å². The number of rotatable bonds is 7. The average Bonchev–Trinajstić information content (AvgIpc) is 2.66. The highest BCUT2D eigenvalue weighted by molar-refractivity contribution is 5.67. The van der Waals surface area contributed by atoms with Crippen molar-refractivity contribution >= 4 is 17.3 Å². The fourth-order valence-electron chi connectivity index (χ4n) is 3.06. The van der Waals surface area contributed by atoms with Crippen LogP contribution in [0, 0.1) is 0 Å². The number of aliphatic carboxylic acids is 1. The maximum absolute atomic E-state index is 10.7. The van der Waals surface area contributed by atoms with Gasteiger partial charge in [0.2, 0.25) is 0 Å². The zero-order valence-electron chi connectivity index (χ0n) is 14.3. The molecule has 2 aromatic carbocycles. The number of nitrogens with zero attached hydrogens (tertiary/aromatic N) is 1. The van der Waals surface area contributed by atoms with Crippen molar-refractivity contribution in [2.75, 3.05) is 36.5 Å². The molecule has 0 amide bonds. The molecule has 0 bridgehead atoms. The van der Waals surface area contributed by atoms with E-state index in [2.05, 4.69) is 34.5 Å². The lowest BCUT2D eigenvalue weighted by atomic mass is 10.1. The minimum absolute atomic E-state index is 0.156. The summed E-state index contributed by atoms with van der Waals surface area (Å²) in [6.07, 6.45) is 0.707. The summed E-state index contributed by atoms with van der Waals surface area (Å²) in [7, 11) is 0. The largest absolute Gasteiger partial charge is 0.481 e. The molecule has 0 aromatic heterocycles. The van der Waals surface area contributed by atoms with E-state index in [9.17, 15) is 4.79 Å². The molecule has 1 saturated heterocycles. The highest BCUT2D eigenvalue weighted by atomic mass is 16.5. The van der Waals surface area contributed by atoms with Crippen molar-refractivity contribution in [1.82, 2.24) is 0 Å². The minimum atomic E-state index is -0.766. The first-order chi connectivity index (χ1) is 12.2. The van der Waals surface area contributed by atoms with Crippen molar-refractivity contribution in [2.24, 2.45) is 0 Å². The first-order valence-electron chi connectivity index (χ1n) is 8.67. The van der Waals surface area contributed by atoms with E-state index in [1.807, 2.05) is 24.3 Å². The van der Waals surface area contributed by atoms with Gasteiger partial charge < -0.3 is 20.1 Å². The molecule has 0 saturated carbocycles. The van der Waals surface area contributed by atoms with E-state index in [0.29, 0.717) is 6.42 Å². The Kier molecular flexibility index (Phi) is 5.90. The van der Waals surface area contributed by atoms with Gasteiger partial charge in [-0.15, -0.1) is 0 Å². The number of para-hydroxylation sites is 1. The molecule has 1 aliphatic rings. The Labute approximate surface area is 148 Å². The maximum Gasteiger partial charge on any atom is 0.303 e. The van der Waals surface area contributed by atoms with E-state index in [1.165, 1.54) is 11.3 Å². The van der Waals surface area contributed by atoms with E-state index in [0.717, 1.165) is 44.1 Å². The van der Waals surface area contributed by atoms with Crippen molar-refractivity contribution in [1.29, 1.82) is 0 Å². The Hall–Kier alpha value is -2.53. The molecule has 0 aliphatic carbocycles. The number of carbonyl (C=O) groups is 1. The lowest BCUT2D eigenvalue weighted by Crippen LogP contribution is -2.36. The van der Waals surface area contributed by atoms with Gasteiger partial charge in [0.15, 0.2) is 0 Å². The third kappa shape index (κ3) is 4.97. The standard InChI is InChI=1S/C20H24N2O3/c23-20(24)9-8-16-4-3-6-18(14-16)21-15-17-5-1-2-7-19(17)22-10-12-25-13-11-22/h1-7,14,21H,8-13,15H2,(H,23,24). The van der Waals surface area contributed by atoms with Crippen LogP contribution in [-0.2, 0) is 22.5 Å².